The normalized spacial score (nSPS) is 8.73. The molecule has 70 valence electrons. The summed E-state index contributed by atoms with van der Waals surface area (Å²) in [4.78, 5) is 0. The van der Waals surface area contributed by atoms with E-state index in [1.165, 1.54) is 32.1 Å². The highest BCUT2D eigenvalue weighted by molar-refractivity contribution is 4.41. The molecule has 0 amide bonds. The summed E-state index contributed by atoms with van der Waals surface area (Å²) in [7, 11) is 0. The Morgan fingerprint density at radius 3 is 1.73 bits per heavy atom. The van der Waals surface area contributed by atoms with Crippen LogP contribution in [-0.4, -0.2) is 22.2 Å². The zero-order chi connectivity index (χ0) is 8.95. The van der Waals surface area contributed by atoms with E-state index >= 15 is 0 Å². The van der Waals surface area contributed by atoms with Crippen LogP contribution in [0.25, 0.3) is 0 Å². The summed E-state index contributed by atoms with van der Waals surface area (Å²) in [6, 6.07) is 0. The molecule has 11 heavy (non-hydrogen) atoms. The number of aliphatic hydroxyl groups excluding tert-OH is 1. The van der Waals surface area contributed by atoms with Crippen molar-refractivity contribution in [3.63, 3.8) is 0 Å². The number of hydrogen-bond donors (Lipinski definition) is 3. The van der Waals surface area contributed by atoms with E-state index in [0.29, 0.717) is 6.61 Å². The van der Waals surface area contributed by atoms with E-state index in [-0.39, 0.29) is 0 Å². The molecule has 0 bridgehead atoms. The van der Waals surface area contributed by atoms with Gasteiger partial charge in [0.2, 0.25) is 0 Å². The maximum absolute atomic E-state index is 8.42. The van der Waals surface area contributed by atoms with Crippen molar-refractivity contribution < 1.29 is 15.6 Å². The van der Waals surface area contributed by atoms with Crippen LogP contribution in [0.4, 0.5) is 0 Å². The molecule has 0 aliphatic heterocycles. The number of aliphatic hydroxyl groups is 1. The number of rotatable bonds is 6. The van der Waals surface area contributed by atoms with Gasteiger partial charge in [0.05, 0.1) is 0 Å². The van der Waals surface area contributed by atoms with Crippen molar-refractivity contribution in [1.82, 2.24) is 0 Å². The fourth-order valence-corrected chi connectivity index (χ4v) is 0.892. The first-order chi connectivity index (χ1) is 5.41. The highest BCUT2D eigenvalue weighted by atomic mass is 17.0. The predicted octanol–water partition coefficient (Wildman–Crippen LogP) is 2.36. The molecule has 0 aliphatic rings. The zero-order valence-corrected chi connectivity index (χ0v) is 7.29. The van der Waals surface area contributed by atoms with Gasteiger partial charge in [-0.15, -0.1) is 0 Å². The fraction of sp³-hybridized carbons (Fsp3) is 1.00. The Bertz CT molecular complexity index is 42.6. The first-order valence-electron chi connectivity index (χ1n) is 4.22. The summed E-state index contributed by atoms with van der Waals surface area (Å²) in [6.07, 6.45) is 7.50. The van der Waals surface area contributed by atoms with Crippen molar-refractivity contribution in [1.29, 1.82) is 0 Å². The Balaban J connectivity index is 0. The second-order valence-electron chi connectivity index (χ2n) is 2.49. The average molecular weight is 164 g/mol. The third-order valence-corrected chi connectivity index (χ3v) is 1.51. The van der Waals surface area contributed by atoms with Crippen LogP contribution in [0.2, 0.25) is 0 Å². The first kappa shape index (κ1) is 13.5. The zero-order valence-electron chi connectivity index (χ0n) is 7.29. The summed E-state index contributed by atoms with van der Waals surface area (Å²) in [6.45, 7) is 2.58. The van der Waals surface area contributed by atoms with Crippen molar-refractivity contribution in [2.24, 2.45) is 0 Å². The van der Waals surface area contributed by atoms with Crippen LogP contribution in [0, 0.1) is 0 Å². The van der Waals surface area contributed by atoms with Crippen LogP contribution in [0.1, 0.15) is 45.4 Å². The van der Waals surface area contributed by atoms with Gasteiger partial charge in [0, 0.05) is 6.61 Å². The Hall–Kier alpha value is -0.120. The van der Waals surface area contributed by atoms with Crippen LogP contribution >= 0.6 is 0 Å². The van der Waals surface area contributed by atoms with Gasteiger partial charge in [0.25, 0.3) is 0 Å². The van der Waals surface area contributed by atoms with E-state index in [4.69, 9.17) is 15.6 Å². The molecule has 0 aromatic carbocycles. The minimum absolute atomic E-state index is 0.367. The molecule has 0 unspecified atom stereocenters. The molecular weight excluding hydrogens is 144 g/mol. The van der Waals surface area contributed by atoms with Crippen LogP contribution in [0.5, 0.6) is 0 Å². The lowest BCUT2D eigenvalue weighted by Crippen LogP contribution is -1.82. The molecule has 0 atom stereocenters. The molecule has 0 saturated heterocycles. The van der Waals surface area contributed by atoms with E-state index in [1.807, 2.05) is 0 Å². The van der Waals surface area contributed by atoms with E-state index in [1.54, 1.807) is 0 Å². The van der Waals surface area contributed by atoms with Gasteiger partial charge in [-0.1, -0.05) is 39.0 Å². The molecular formula is C8H20O3. The Morgan fingerprint density at radius 1 is 0.818 bits per heavy atom. The van der Waals surface area contributed by atoms with E-state index in [9.17, 15) is 0 Å². The molecule has 0 fully saturated rings. The smallest absolute Gasteiger partial charge is 0.0431 e. The van der Waals surface area contributed by atoms with Crippen LogP contribution in [0.3, 0.4) is 0 Å². The maximum Gasteiger partial charge on any atom is 0.0431 e. The van der Waals surface area contributed by atoms with Gasteiger partial charge < -0.3 is 5.11 Å². The van der Waals surface area contributed by atoms with Gasteiger partial charge in [-0.2, -0.15) is 0 Å². The van der Waals surface area contributed by atoms with Crippen molar-refractivity contribution in [2.45, 2.75) is 45.4 Å². The molecule has 0 aromatic rings. The summed E-state index contributed by atoms with van der Waals surface area (Å²) < 4.78 is 0. The largest absolute Gasteiger partial charge is 0.396 e. The Labute approximate surface area is 68.6 Å². The minimum atomic E-state index is 0.367. The molecule has 0 spiro atoms. The first-order valence-corrected chi connectivity index (χ1v) is 4.22. The molecule has 0 aliphatic carbocycles. The van der Waals surface area contributed by atoms with Gasteiger partial charge in [-0.3, -0.25) is 10.5 Å². The lowest BCUT2D eigenvalue weighted by atomic mass is 10.1. The third-order valence-electron chi connectivity index (χ3n) is 1.51. The number of hydrogen-bond acceptors (Lipinski definition) is 3. The molecule has 3 N–H and O–H groups in total. The quantitative estimate of drug-likeness (QED) is 0.321. The van der Waals surface area contributed by atoms with Crippen molar-refractivity contribution in [2.75, 3.05) is 6.61 Å². The van der Waals surface area contributed by atoms with Crippen molar-refractivity contribution in [3.05, 3.63) is 0 Å². The topological polar surface area (TPSA) is 60.7 Å². The van der Waals surface area contributed by atoms with E-state index in [0.717, 1.165) is 6.42 Å². The molecule has 0 saturated carbocycles. The molecule has 3 nitrogen and oxygen atoms in total. The summed E-state index contributed by atoms with van der Waals surface area (Å²) >= 11 is 0. The van der Waals surface area contributed by atoms with Crippen molar-refractivity contribution >= 4 is 0 Å². The maximum atomic E-state index is 8.42. The van der Waals surface area contributed by atoms with Gasteiger partial charge in [-0.05, 0) is 6.42 Å². The van der Waals surface area contributed by atoms with Crippen molar-refractivity contribution in [3.8, 4) is 0 Å². The highest BCUT2D eigenvalue weighted by Gasteiger charge is 1.86. The van der Waals surface area contributed by atoms with E-state index in [2.05, 4.69) is 6.92 Å². The lowest BCUT2D eigenvalue weighted by Gasteiger charge is -1.95. The predicted molar refractivity (Wildman–Crippen MR) is 45.7 cm³/mol. The molecule has 0 aromatic heterocycles. The van der Waals surface area contributed by atoms with Crippen LogP contribution in [-0.2, 0) is 0 Å². The van der Waals surface area contributed by atoms with E-state index < -0.39 is 0 Å². The van der Waals surface area contributed by atoms with Gasteiger partial charge >= 0.3 is 0 Å². The fourth-order valence-electron chi connectivity index (χ4n) is 0.892. The van der Waals surface area contributed by atoms with Crippen LogP contribution < -0.4 is 0 Å². The molecule has 0 rings (SSSR count). The Morgan fingerprint density at radius 2 is 1.27 bits per heavy atom. The second kappa shape index (κ2) is 16.5. The lowest BCUT2D eigenvalue weighted by molar-refractivity contribution is -0.176. The van der Waals surface area contributed by atoms with Crippen LogP contribution in [0.15, 0.2) is 0 Å². The molecule has 0 heterocycles. The summed E-state index contributed by atoms with van der Waals surface area (Å²) in [5, 5.41) is 20.4. The molecule has 0 radical (unpaired) electrons. The van der Waals surface area contributed by atoms with Gasteiger partial charge in [-0.25, -0.2) is 0 Å². The standard InChI is InChI=1S/C8H18O.H2O2/c1-2-3-4-5-6-7-8-9;1-2/h9H,2-8H2,1H3;1-2H. The second-order valence-corrected chi connectivity index (χ2v) is 2.49. The Kier molecular flexibility index (Phi) is 20.2. The van der Waals surface area contributed by atoms with Gasteiger partial charge in [0.1, 0.15) is 0 Å². The van der Waals surface area contributed by atoms with Gasteiger partial charge in [0.15, 0.2) is 0 Å². The summed E-state index contributed by atoms with van der Waals surface area (Å²) in [5.41, 5.74) is 0. The SMILES string of the molecule is CCCCCCCCO.OO. The third kappa shape index (κ3) is 17.7. The monoisotopic (exact) mass is 164 g/mol. The minimum Gasteiger partial charge on any atom is -0.396 e. The average Bonchev–Trinajstić information content (AvgIpc) is 2.08. The number of unbranched alkanes of at least 4 members (excludes halogenated alkanes) is 5. The highest BCUT2D eigenvalue weighted by Crippen LogP contribution is 2.03. The summed E-state index contributed by atoms with van der Waals surface area (Å²) in [5.74, 6) is 0. The molecule has 3 heteroatoms.